The van der Waals surface area contributed by atoms with Gasteiger partial charge in [0.15, 0.2) is 18.7 Å². The second-order valence-electron chi connectivity index (χ2n) is 9.97. The Labute approximate surface area is 229 Å². The maximum absolute atomic E-state index is 11.8. The largest absolute Gasteiger partial charge is 0.458 e. The Morgan fingerprint density at radius 1 is 0.692 bits per heavy atom. The van der Waals surface area contributed by atoms with Gasteiger partial charge in [-0.05, 0) is 25.0 Å². The summed E-state index contributed by atoms with van der Waals surface area (Å²) in [6, 6.07) is 19.8. The number of benzene rings is 2. The molecule has 2 saturated heterocycles. The highest BCUT2D eigenvalue weighted by atomic mass is 16.7. The monoisotopic (exact) mass is 542 g/mol. The van der Waals surface area contributed by atoms with Crippen LogP contribution in [0.3, 0.4) is 0 Å². The van der Waals surface area contributed by atoms with Gasteiger partial charge in [-0.15, -0.1) is 0 Å². The zero-order valence-corrected chi connectivity index (χ0v) is 22.9. The number of carbonyl (C=O) groups excluding carboxylic acids is 2. The SMILES string of the molecule is CC(=O)O[C@@H]1[C@@H](C)O[C@@H](O[C@@H]2[C@@H](C)O[C@H](OCc3ccccc3)C[C@H]2OCc2ccccc2)C[C@H]1OC(C)=O. The van der Waals surface area contributed by atoms with Gasteiger partial charge in [-0.2, -0.15) is 0 Å². The van der Waals surface area contributed by atoms with Crippen LogP contribution in [-0.2, 0) is 56.0 Å². The molecule has 0 aliphatic carbocycles. The molecule has 0 radical (unpaired) electrons. The van der Waals surface area contributed by atoms with Gasteiger partial charge in [0.05, 0.1) is 31.5 Å². The van der Waals surface area contributed by atoms with Gasteiger partial charge in [0.1, 0.15) is 12.2 Å². The molecular formula is C30H38O9. The number of rotatable bonds is 10. The molecular weight excluding hydrogens is 504 g/mol. The fourth-order valence-electron chi connectivity index (χ4n) is 4.96. The fraction of sp³-hybridized carbons (Fsp3) is 0.533. The molecule has 0 amide bonds. The lowest BCUT2D eigenvalue weighted by atomic mass is 9.99. The predicted molar refractivity (Wildman–Crippen MR) is 140 cm³/mol. The van der Waals surface area contributed by atoms with E-state index in [1.807, 2.05) is 67.6 Å². The van der Waals surface area contributed by atoms with Gasteiger partial charge in [0.2, 0.25) is 0 Å². The molecule has 0 spiro atoms. The highest BCUT2D eigenvalue weighted by Crippen LogP contribution is 2.32. The summed E-state index contributed by atoms with van der Waals surface area (Å²) in [7, 11) is 0. The average molecular weight is 543 g/mol. The van der Waals surface area contributed by atoms with E-state index in [0.29, 0.717) is 19.6 Å². The van der Waals surface area contributed by atoms with Crippen LogP contribution < -0.4 is 0 Å². The van der Waals surface area contributed by atoms with Gasteiger partial charge in [0.25, 0.3) is 0 Å². The summed E-state index contributed by atoms with van der Waals surface area (Å²) in [4.78, 5) is 23.4. The van der Waals surface area contributed by atoms with E-state index < -0.39 is 48.9 Å². The third kappa shape index (κ3) is 8.58. The second-order valence-corrected chi connectivity index (χ2v) is 9.97. The summed E-state index contributed by atoms with van der Waals surface area (Å²) in [5, 5.41) is 0. The topological polar surface area (TPSA) is 98.8 Å². The van der Waals surface area contributed by atoms with E-state index in [1.54, 1.807) is 6.92 Å². The van der Waals surface area contributed by atoms with Crippen molar-refractivity contribution >= 4 is 11.9 Å². The van der Waals surface area contributed by atoms with Crippen molar-refractivity contribution < 1.29 is 42.7 Å². The van der Waals surface area contributed by atoms with Crippen LogP contribution in [0.1, 0.15) is 51.7 Å². The second kappa shape index (κ2) is 14.0. The quantitative estimate of drug-likeness (QED) is 0.407. The minimum atomic E-state index is -0.729. The molecule has 0 unspecified atom stereocenters. The molecule has 0 aromatic heterocycles. The van der Waals surface area contributed by atoms with Gasteiger partial charge in [-0.3, -0.25) is 9.59 Å². The molecule has 0 saturated carbocycles. The first kappa shape index (κ1) is 29.2. The minimum Gasteiger partial charge on any atom is -0.458 e. The third-order valence-corrected chi connectivity index (χ3v) is 6.75. The lowest BCUT2D eigenvalue weighted by Crippen LogP contribution is -2.55. The molecule has 212 valence electrons. The molecule has 2 aliphatic heterocycles. The van der Waals surface area contributed by atoms with Crippen LogP contribution in [0.2, 0.25) is 0 Å². The highest BCUT2D eigenvalue weighted by Gasteiger charge is 2.45. The van der Waals surface area contributed by atoms with Crippen LogP contribution in [0, 0.1) is 0 Å². The van der Waals surface area contributed by atoms with Crippen molar-refractivity contribution in [2.24, 2.45) is 0 Å². The van der Waals surface area contributed by atoms with Crippen molar-refractivity contribution in [2.45, 2.75) is 103 Å². The lowest BCUT2D eigenvalue weighted by Gasteiger charge is -2.44. The van der Waals surface area contributed by atoms with Crippen molar-refractivity contribution in [3.05, 3.63) is 71.8 Å². The molecule has 2 aromatic rings. The first-order valence-electron chi connectivity index (χ1n) is 13.4. The molecule has 2 heterocycles. The summed E-state index contributed by atoms with van der Waals surface area (Å²) < 4.78 is 42.1. The molecule has 4 rings (SSSR count). The highest BCUT2D eigenvalue weighted by molar-refractivity contribution is 5.67. The van der Waals surface area contributed by atoms with Crippen LogP contribution in [0.15, 0.2) is 60.7 Å². The number of hydrogen-bond donors (Lipinski definition) is 0. The number of carbonyl (C=O) groups is 2. The molecule has 2 aliphatic rings. The Hall–Kier alpha value is -2.82. The maximum atomic E-state index is 11.8. The maximum Gasteiger partial charge on any atom is 0.303 e. The summed E-state index contributed by atoms with van der Waals surface area (Å²) in [5.41, 5.74) is 2.09. The molecule has 39 heavy (non-hydrogen) atoms. The Morgan fingerprint density at radius 3 is 1.79 bits per heavy atom. The first-order valence-corrected chi connectivity index (χ1v) is 13.4. The summed E-state index contributed by atoms with van der Waals surface area (Å²) >= 11 is 0. The first-order chi connectivity index (χ1) is 18.8. The van der Waals surface area contributed by atoms with E-state index in [2.05, 4.69) is 0 Å². The summed E-state index contributed by atoms with van der Waals surface area (Å²) in [6.45, 7) is 7.12. The van der Waals surface area contributed by atoms with E-state index in [1.165, 1.54) is 13.8 Å². The Balaban J connectivity index is 1.45. The van der Waals surface area contributed by atoms with Gasteiger partial charge in [0, 0.05) is 26.7 Å². The van der Waals surface area contributed by atoms with E-state index in [4.69, 9.17) is 33.2 Å². The smallest absolute Gasteiger partial charge is 0.303 e. The summed E-state index contributed by atoms with van der Waals surface area (Å²) in [6.07, 6.45) is -3.74. The molecule has 2 aromatic carbocycles. The number of esters is 2. The van der Waals surface area contributed by atoms with Crippen molar-refractivity contribution in [3.63, 3.8) is 0 Å². The zero-order chi connectivity index (χ0) is 27.8. The van der Waals surface area contributed by atoms with Crippen LogP contribution in [0.5, 0.6) is 0 Å². The molecule has 8 atom stereocenters. The van der Waals surface area contributed by atoms with Crippen LogP contribution >= 0.6 is 0 Å². The van der Waals surface area contributed by atoms with Gasteiger partial charge >= 0.3 is 11.9 Å². The average Bonchev–Trinajstić information content (AvgIpc) is 2.90. The van der Waals surface area contributed by atoms with Crippen LogP contribution in [0.25, 0.3) is 0 Å². The van der Waals surface area contributed by atoms with Crippen LogP contribution in [-0.4, -0.2) is 61.1 Å². The van der Waals surface area contributed by atoms with E-state index in [9.17, 15) is 9.59 Å². The standard InChI is InChI=1S/C30H38O9/c1-19-29(39-28-16-26(37-21(3)31)30(20(2)36-28)38-22(4)32)25(33-17-23-11-7-5-8-12-23)15-27(35-19)34-18-24-13-9-6-10-14-24/h5-14,19-20,25-30H,15-18H2,1-4H3/t19-,20-,25-,26-,27+,28+,29-,30-/m1/s1. The van der Waals surface area contributed by atoms with Crippen LogP contribution in [0.4, 0.5) is 0 Å². The molecule has 9 nitrogen and oxygen atoms in total. The zero-order valence-electron chi connectivity index (χ0n) is 22.9. The molecule has 9 heteroatoms. The fourth-order valence-corrected chi connectivity index (χ4v) is 4.96. The molecule has 0 N–H and O–H groups in total. The van der Waals surface area contributed by atoms with E-state index in [-0.39, 0.29) is 18.6 Å². The van der Waals surface area contributed by atoms with Crippen molar-refractivity contribution in [2.75, 3.05) is 0 Å². The van der Waals surface area contributed by atoms with E-state index in [0.717, 1.165) is 11.1 Å². The van der Waals surface area contributed by atoms with Crippen molar-refractivity contribution in [1.29, 1.82) is 0 Å². The van der Waals surface area contributed by atoms with E-state index >= 15 is 0 Å². The number of hydrogen-bond acceptors (Lipinski definition) is 9. The normalized spacial score (nSPS) is 30.9. The van der Waals surface area contributed by atoms with Gasteiger partial charge in [-0.1, -0.05) is 60.7 Å². The Bertz CT molecular complexity index is 1050. The number of ether oxygens (including phenoxy) is 7. The minimum absolute atomic E-state index is 0.199. The Morgan fingerprint density at radius 2 is 1.21 bits per heavy atom. The summed E-state index contributed by atoms with van der Waals surface area (Å²) in [5.74, 6) is -0.945. The van der Waals surface area contributed by atoms with Crippen molar-refractivity contribution in [3.8, 4) is 0 Å². The predicted octanol–water partition coefficient (Wildman–Crippen LogP) is 4.31. The Kier molecular flexibility index (Phi) is 10.5. The molecule has 0 bridgehead atoms. The van der Waals surface area contributed by atoms with Gasteiger partial charge in [-0.25, -0.2) is 0 Å². The van der Waals surface area contributed by atoms with Gasteiger partial charge < -0.3 is 33.2 Å². The molecule has 2 fully saturated rings. The third-order valence-electron chi connectivity index (χ3n) is 6.75. The van der Waals surface area contributed by atoms with Crippen molar-refractivity contribution in [1.82, 2.24) is 0 Å². The lowest BCUT2D eigenvalue weighted by molar-refractivity contribution is -0.319.